The van der Waals surface area contributed by atoms with Crippen molar-refractivity contribution < 1.29 is 88.4 Å². The molecule has 0 saturated carbocycles. The van der Waals surface area contributed by atoms with Crippen molar-refractivity contribution in [1.82, 2.24) is 0 Å². The first-order valence-corrected chi connectivity index (χ1v) is 5.61. The molecule has 0 aliphatic rings. The van der Waals surface area contributed by atoms with Gasteiger partial charge in [-0.2, -0.15) is 0 Å². The predicted octanol–water partition coefficient (Wildman–Crippen LogP) is -1.58. The molecule has 0 aliphatic heterocycles. The molecular weight excluding hydrogens is 455 g/mol. The third kappa shape index (κ3) is 36.9. The molecule has 0 aliphatic carbocycles. The summed E-state index contributed by atoms with van der Waals surface area (Å²) in [4.78, 5) is 0. The van der Waals surface area contributed by atoms with E-state index in [1.807, 2.05) is 17.7 Å². The molecule has 0 saturated heterocycles. The topological polar surface area (TPSA) is 0 Å². The normalized spacial score (nSPS) is 0.714. The summed E-state index contributed by atoms with van der Waals surface area (Å²) in [6.45, 7) is 0. The van der Waals surface area contributed by atoms with Gasteiger partial charge in [-0.15, -0.1) is 0 Å². The minimum atomic E-state index is 0. The van der Waals surface area contributed by atoms with Crippen LogP contribution < -0.4 is 0 Å². The maximum atomic E-state index is 2.32. The fraction of sp³-hybridized carbons (Fsp3) is 0. The monoisotopic (exact) mass is 459 g/mol. The minimum absolute atomic E-state index is 0. The smallest absolute Gasteiger partial charge is 0 e. The van der Waals surface area contributed by atoms with Crippen molar-refractivity contribution >= 4 is 51.1 Å². The van der Waals surface area contributed by atoms with Crippen LogP contribution in [0.4, 0.5) is 0 Å². The van der Waals surface area contributed by atoms with E-state index in [9.17, 15) is 0 Å². The van der Waals surface area contributed by atoms with E-state index in [-0.39, 0.29) is 108 Å². The molecule has 2 radical (unpaired) electrons. The number of rotatable bonds is 0. The van der Waals surface area contributed by atoms with Gasteiger partial charge in [0.15, 0.2) is 0 Å². The molecule has 0 bridgehead atoms. The average molecular weight is 458 g/mol. The van der Waals surface area contributed by atoms with Gasteiger partial charge < -0.3 is 0 Å². The molecule has 0 unspecified atom stereocenters. The van der Waals surface area contributed by atoms with E-state index in [1.165, 1.54) is 0 Å². The Morgan fingerprint density at radius 3 is 1.14 bits per heavy atom. The van der Waals surface area contributed by atoms with E-state index in [0.29, 0.717) is 0 Å². The van der Waals surface area contributed by atoms with Crippen LogP contribution in [0.5, 0.6) is 0 Å². The average Bonchev–Trinajstić information content (AvgIpc) is 1.00. The Kier molecular flexibility index (Phi) is 271. The summed E-state index contributed by atoms with van der Waals surface area (Å²) in [6.07, 6.45) is 0. The van der Waals surface area contributed by atoms with Crippen LogP contribution in [0.25, 0.3) is 0 Å². The van der Waals surface area contributed by atoms with Crippen LogP contribution in [0.15, 0.2) is 0 Å². The van der Waals surface area contributed by atoms with Crippen molar-refractivity contribution in [3.63, 3.8) is 0 Å². The van der Waals surface area contributed by atoms with Crippen LogP contribution in [0.2, 0.25) is 0 Å². The Morgan fingerprint density at radius 2 is 1.14 bits per heavy atom. The second-order valence-electron chi connectivity index (χ2n) is 0. The fourth-order valence-electron chi connectivity index (χ4n) is 0. The van der Waals surface area contributed by atoms with Crippen LogP contribution in [-0.4, -0.2) is 51.1 Å². The quantitative estimate of drug-likeness (QED) is 0.386. The summed E-state index contributed by atoms with van der Waals surface area (Å²) in [7, 11) is 0. The van der Waals surface area contributed by atoms with Gasteiger partial charge in [-0.05, 0) is 0 Å². The third-order valence-electron chi connectivity index (χ3n) is 0. The molecule has 7 heavy (non-hydrogen) atoms. The maximum absolute atomic E-state index is 2.32. The van der Waals surface area contributed by atoms with Gasteiger partial charge in [0, 0.05) is 70.7 Å². The molecular formula is H3CaCuFeMnMoSeZn. The van der Waals surface area contributed by atoms with E-state index in [4.69, 9.17) is 0 Å². The largest absolute Gasteiger partial charge is 0 e. The van der Waals surface area contributed by atoms with Gasteiger partial charge in [0.1, 0.15) is 0 Å². The molecule has 0 atom stereocenters. The van der Waals surface area contributed by atoms with Crippen molar-refractivity contribution in [1.29, 1.82) is 0 Å². The van der Waals surface area contributed by atoms with E-state index in [1.54, 1.807) is 0 Å². The Hall–Kier alpha value is 4.65. The summed E-state index contributed by atoms with van der Waals surface area (Å²) < 4.78 is 0. The van der Waals surface area contributed by atoms with Crippen molar-refractivity contribution in [3.8, 4) is 0 Å². The van der Waals surface area contributed by atoms with E-state index >= 15 is 0 Å². The summed E-state index contributed by atoms with van der Waals surface area (Å²) in [5, 5.41) is 0. The number of hydrogen-bond donors (Lipinski definition) is 0. The first-order valence-electron chi connectivity index (χ1n) is 0.183. The van der Waals surface area contributed by atoms with Crippen molar-refractivity contribution in [3.05, 3.63) is 0 Å². The standard InChI is InChI=1S/Ca.Cu.Fe.Mn.Mo.H2Se.Zn.2H/h;;;;;1H2;;;/q;;;;+1;;;;/p-1. The molecule has 0 amide bonds. The van der Waals surface area contributed by atoms with Gasteiger partial charge in [-0.25, -0.2) is 0 Å². The van der Waals surface area contributed by atoms with Crippen LogP contribution >= 0.6 is 0 Å². The van der Waals surface area contributed by atoms with Crippen LogP contribution in [0.1, 0.15) is 0 Å². The van der Waals surface area contributed by atoms with Crippen molar-refractivity contribution in [2.75, 3.05) is 0 Å². The summed E-state index contributed by atoms with van der Waals surface area (Å²) in [5.74, 6) is 0. The Morgan fingerprint density at radius 1 is 1.14 bits per heavy atom. The first-order chi connectivity index (χ1) is 1.00. The van der Waals surface area contributed by atoms with Crippen molar-refractivity contribution in [2.24, 2.45) is 0 Å². The van der Waals surface area contributed by atoms with E-state index < -0.39 is 0 Å². The van der Waals surface area contributed by atoms with Gasteiger partial charge in [0.2, 0.25) is 0 Å². The molecule has 0 nitrogen and oxygen atoms in total. The first kappa shape index (κ1) is 41.4. The number of hydrogen-bond acceptors (Lipinski definition) is 0. The zero-order valence-corrected chi connectivity index (χ0v) is 12.7. The molecule has 0 aromatic rings. The minimum Gasteiger partial charge on any atom is 0 e. The van der Waals surface area contributed by atoms with Gasteiger partial charge in [0.25, 0.3) is 0 Å². The molecule has 0 rings (SSSR count). The zero-order valence-electron chi connectivity index (χ0n) is 2.60. The second kappa shape index (κ2) is 45.9. The Bertz CT molecular complexity index is 19.7. The Balaban J connectivity index is -0.000000000500. The molecule has 0 fully saturated rings. The molecule has 0 N–H and O–H groups in total. The van der Waals surface area contributed by atoms with Crippen LogP contribution in [0.3, 0.4) is 0 Å². The van der Waals surface area contributed by atoms with Gasteiger partial charge in [0.05, 0.1) is 0 Å². The van der Waals surface area contributed by atoms with Gasteiger partial charge >= 0.3 is 68.8 Å². The third-order valence-corrected chi connectivity index (χ3v) is 0. The molecule has 7 heteroatoms. The molecule has 0 heterocycles. The predicted molar refractivity (Wildman–Crippen MR) is 15.7 cm³/mol. The summed E-state index contributed by atoms with van der Waals surface area (Å²) >= 11 is 4.21. The SMILES string of the molecule is [CaH2].[Cu].[Fe].[Mn].[SeH][Mo].[Zn]. The fourth-order valence-corrected chi connectivity index (χ4v) is 0. The molecule has 45 valence electrons. The zero-order chi connectivity index (χ0) is 2.00. The van der Waals surface area contributed by atoms with Gasteiger partial charge in [-0.3, -0.25) is 0 Å². The van der Waals surface area contributed by atoms with Crippen LogP contribution in [-0.2, 0) is 88.4 Å². The molecule has 0 spiro atoms. The Labute approximate surface area is 136 Å². The summed E-state index contributed by atoms with van der Waals surface area (Å²) in [5.41, 5.74) is 0. The van der Waals surface area contributed by atoms with E-state index in [2.05, 4.69) is 13.4 Å². The second-order valence-corrected chi connectivity index (χ2v) is 0. The van der Waals surface area contributed by atoms with E-state index in [0.717, 1.165) is 0 Å². The van der Waals surface area contributed by atoms with Crippen LogP contribution in [0, 0.1) is 0 Å². The maximum Gasteiger partial charge on any atom is 0 e. The molecule has 0 aromatic heterocycles. The summed E-state index contributed by atoms with van der Waals surface area (Å²) in [6, 6.07) is 0. The van der Waals surface area contributed by atoms with Crippen molar-refractivity contribution in [2.45, 2.75) is 0 Å². The van der Waals surface area contributed by atoms with Gasteiger partial charge in [-0.1, -0.05) is 0 Å². The molecule has 0 aromatic carbocycles.